The van der Waals surface area contributed by atoms with Crippen LogP contribution in [-0.4, -0.2) is 31.5 Å². The molecular formula is C12H17NO3S. The van der Waals surface area contributed by atoms with Gasteiger partial charge in [0.2, 0.25) is 0 Å². The highest BCUT2D eigenvalue weighted by atomic mass is 32.2. The Hall–Kier alpha value is -1.20. The van der Waals surface area contributed by atoms with Crippen LogP contribution in [-0.2, 0) is 9.53 Å². The molecule has 17 heavy (non-hydrogen) atoms. The van der Waals surface area contributed by atoms with E-state index in [1.165, 1.54) is 0 Å². The molecule has 0 heterocycles. The largest absolute Gasteiger partial charge is 0.482 e. The van der Waals surface area contributed by atoms with Crippen molar-refractivity contribution in [2.24, 2.45) is 5.73 Å². The lowest BCUT2D eigenvalue weighted by Crippen LogP contribution is -2.14. The number of hydrogen-bond donors (Lipinski definition) is 1. The first-order valence-electron chi connectivity index (χ1n) is 5.47. The Bertz CT molecular complexity index is 340. The van der Waals surface area contributed by atoms with Crippen LogP contribution in [0.2, 0.25) is 0 Å². The van der Waals surface area contributed by atoms with Crippen LogP contribution >= 0.6 is 11.8 Å². The van der Waals surface area contributed by atoms with Crippen molar-refractivity contribution in [3.8, 4) is 5.75 Å². The number of carbonyl (C=O) groups is 1. The quantitative estimate of drug-likeness (QED) is 0.593. The number of hydrogen-bond acceptors (Lipinski definition) is 5. The van der Waals surface area contributed by atoms with Gasteiger partial charge in [-0.3, -0.25) is 0 Å². The molecule has 0 aliphatic rings. The average molecular weight is 255 g/mol. The van der Waals surface area contributed by atoms with Gasteiger partial charge in [0.15, 0.2) is 6.61 Å². The van der Waals surface area contributed by atoms with Crippen molar-refractivity contribution >= 4 is 17.7 Å². The van der Waals surface area contributed by atoms with E-state index in [0.717, 1.165) is 10.6 Å². The Balaban J connectivity index is 2.37. The van der Waals surface area contributed by atoms with Crippen molar-refractivity contribution in [3.05, 3.63) is 24.3 Å². The van der Waals surface area contributed by atoms with E-state index in [4.69, 9.17) is 15.2 Å². The topological polar surface area (TPSA) is 61.5 Å². The van der Waals surface area contributed by atoms with Crippen LogP contribution in [0.4, 0.5) is 0 Å². The van der Waals surface area contributed by atoms with Crippen LogP contribution in [0.3, 0.4) is 0 Å². The predicted octanol–water partition coefficient (Wildman–Crippen LogP) is 1.68. The third-order valence-electron chi connectivity index (χ3n) is 1.87. The van der Waals surface area contributed by atoms with Gasteiger partial charge in [-0.05, 0) is 31.2 Å². The highest BCUT2D eigenvalue weighted by Gasteiger charge is 2.02. The van der Waals surface area contributed by atoms with E-state index >= 15 is 0 Å². The van der Waals surface area contributed by atoms with Crippen molar-refractivity contribution in [1.29, 1.82) is 0 Å². The highest BCUT2D eigenvalue weighted by molar-refractivity contribution is 7.99. The minimum atomic E-state index is -0.353. The maximum Gasteiger partial charge on any atom is 0.344 e. The standard InChI is InChI=1S/C12H17NO3S/c1-2-15-12(14)9-16-10-3-5-11(6-4-10)17-8-7-13/h3-6H,2,7-9,13H2,1H3. The fraction of sp³-hybridized carbons (Fsp3) is 0.417. The van der Waals surface area contributed by atoms with E-state index in [-0.39, 0.29) is 12.6 Å². The number of esters is 1. The summed E-state index contributed by atoms with van der Waals surface area (Å²) in [5.74, 6) is 1.20. The number of nitrogens with two attached hydrogens (primary N) is 1. The second-order valence-electron chi connectivity index (χ2n) is 3.20. The van der Waals surface area contributed by atoms with E-state index in [2.05, 4.69) is 0 Å². The second kappa shape index (κ2) is 7.97. The van der Waals surface area contributed by atoms with E-state index in [1.807, 2.05) is 24.3 Å². The molecule has 0 amide bonds. The van der Waals surface area contributed by atoms with Gasteiger partial charge in [-0.25, -0.2) is 4.79 Å². The molecule has 94 valence electrons. The van der Waals surface area contributed by atoms with Gasteiger partial charge in [0, 0.05) is 17.2 Å². The summed E-state index contributed by atoms with van der Waals surface area (Å²) in [6.07, 6.45) is 0. The predicted molar refractivity (Wildman–Crippen MR) is 68.3 cm³/mol. The van der Waals surface area contributed by atoms with Crippen molar-refractivity contribution in [3.63, 3.8) is 0 Å². The van der Waals surface area contributed by atoms with E-state index in [1.54, 1.807) is 18.7 Å². The van der Waals surface area contributed by atoms with Crippen LogP contribution < -0.4 is 10.5 Å². The molecule has 1 aromatic rings. The Morgan fingerprint density at radius 3 is 2.65 bits per heavy atom. The molecule has 5 heteroatoms. The van der Waals surface area contributed by atoms with Gasteiger partial charge in [-0.15, -0.1) is 11.8 Å². The molecule has 0 saturated carbocycles. The Morgan fingerprint density at radius 2 is 2.06 bits per heavy atom. The molecule has 0 bridgehead atoms. The first-order valence-corrected chi connectivity index (χ1v) is 6.46. The molecule has 0 atom stereocenters. The molecule has 2 N–H and O–H groups in total. The van der Waals surface area contributed by atoms with Crippen LogP contribution in [0.25, 0.3) is 0 Å². The summed E-state index contributed by atoms with van der Waals surface area (Å²) in [6, 6.07) is 7.55. The molecule has 0 saturated heterocycles. The Labute approximate surface area is 105 Å². The normalized spacial score (nSPS) is 10.0. The first-order chi connectivity index (χ1) is 8.26. The Kier molecular flexibility index (Phi) is 6.50. The molecule has 0 unspecified atom stereocenters. The fourth-order valence-corrected chi connectivity index (χ4v) is 1.84. The van der Waals surface area contributed by atoms with Crippen molar-refractivity contribution in [2.75, 3.05) is 25.5 Å². The first kappa shape index (κ1) is 13.9. The summed E-state index contributed by atoms with van der Waals surface area (Å²) in [4.78, 5) is 12.2. The summed E-state index contributed by atoms with van der Waals surface area (Å²) in [6.45, 7) is 2.74. The lowest BCUT2D eigenvalue weighted by Gasteiger charge is -2.06. The minimum absolute atomic E-state index is 0.0525. The molecule has 4 nitrogen and oxygen atoms in total. The molecule has 0 aliphatic heterocycles. The summed E-state index contributed by atoms with van der Waals surface area (Å²) in [7, 11) is 0. The number of carbonyl (C=O) groups excluding carboxylic acids is 1. The maximum atomic E-state index is 11.1. The van der Waals surface area contributed by atoms with Gasteiger partial charge in [-0.2, -0.15) is 0 Å². The zero-order chi connectivity index (χ0) is 12.5. The maximum absolute atomic E-state index is 11.1. The molecule has 0 aliphatic carbocycles. The monoisotopic (exact) mass is 255 g/mol. The summed E-state index contributed by atoms with van der Waals surface area (Å²) < 4.78 is 10.0. The van der Waals surface area contributed by atoms with Crippen LogP contribution in [0.1, 0.15) is 6.92 Å². The smallest absolute Gasteiger partial charge is 0.344 e. The van der Waals surface area contributed by atoms with Crippen LogP contribution in [0.5, 0.6) is 5.75 Å². The van der Waals surface area contributed by atoms with Gasteiger partial charge in [0.25, 0.3) is 0 Å². The van der Waals surface area contributed by atoms with Gasteiger partial charge in [0.05, 0.1) is 6.61 Å². The number of thioether (sulfide) groups is 1. The summed E-state index contributed by atoms with van der Waals surface area (Å²) in [5, 5.41) is 0. The lowest BCUT2D eigenvalue weighted by atomic mass is 10.3. The average Bonchev–Trinajstić information content (AvgIpc) is 2.35. The molecule has 1 aromatic carbocycles. The molecule has 1 rings (SSSR count). The van der Waals surface area contributed by atoms with Crippen LogP contribution in [0, 0.1) is 0 Å². The van der Waals surface area contributed by atoms with Gasteiger partial charge >= 0.3 is 5.97 Å². The Morgan fingerprint density at radius 1 is 1.35 bits per heavy atom. The second-order valence-corrected chi connectivity index (χ2v) is 4.37. The highest BCUT2D eigenvalue weighted by Crippen LogP contribution is 2.20. The van der Waals surface area contributed by atoms with Crippen LogP contribution in [0.15, 0.2) is 29.2 Å². The molecule has 0 aromatic heterocycles. The molecule has 0 spiro atoms. The van der Waals surface area contributed by atoms with E-state index in [9.17, 15) is 4.79 Å². The molecular weight excluding hydrogens is 238 g/mol. The van der Waals surface area contributed by atoms with Gasteiger partial charge in [-0.1, -0.05) is 0 Å². The van der Waals surface area contributed by atoms with Crippen molar-refractivity contribution < 1.29 is 14.3 Å². The number of ether oxygens (including phenoxy) is 2. The SMILES string of the molecule is CCOC(=O)COc1ccc(SCCN)cc1. The van der Waals surface area contributed by atoms with E-state index < -0.39 is 0 Å². The summed E-state index contributed by atoms with van der Waals surface area (Å²) in [5.41, 5.74) is 5.42. The van der Waals surface area contributed by atoms with E-state index in [0.29, 0.717) is 18.9 Å². The molecule has 0 radical (unpaired) electrons. The molecule has 0 fully saturated rings. The third kappa shape index (κ3) is 5.60. The number of rotatable bonds is 7. The number of benzene rings is 1. The minimum Gasteiger partial charge on any atom is -0.482 e. The van der Waals surface area contributed by atoms with Gasteiger partial charge < -0.3 is 15.2 Å². The summed E-state index contributed by atoms with van der Waals surface area (Å²) >= 11 is 1.69. The lowest BCUT2D eigenvalue weighted by molar-refractivity contribution is -0.145. The van der Waals surface area contributed by atoms with Gasteiger partial charge in [0.1, 0.15) is 5.75 Å². The van der Waals surface area contributed by atoms with Crippen molar-refractivity contribution in [2.45, 2.75) is 11.8 Å². The zero-order valence-corrected chi connectivity index (χ0v) is 10.7. The zero-order valence-electron chi connectivity index (χ0n) is 9.85. The fourth-order valence-electron chi connectivity index (χ4n) is 1.15. The third-order valence-corrected chi connectivity index (χ3v) is 2.92. The van der Waals surface area contributed by atoms with Crippen molar-refractivity contribution in [1.82, 2.24) is 0 Å².